The zero-order chi connectivity index (χ0) is 12.0. The maximum atomic E-state index is 11.3. The molecule has 0 saturated carbocycles. The van der Waals surface area contributed by atoms with E-state index in [1.165, 1.54) is 19.3 Å². The van der Waals surface area contributed by atoms with E-state index >= 15 is 0 Å². The zero-order valence-electron chi connectivity index (χ0n) is 10.5. The molecular formula is C12H25N3O. The average Bonchev–Trinajstić information content (AvgIpc) is 2.28. The second-order valence-electron chi connectivity index (χ2n) is 4.70. The SMILES string of the molecule is CCC(C(N)=O)N1CCC(CCNC)CC1. The van der Waals surface area contributed by atoms with E-state index < -0.39 is 0 Å². The van der Waals surface area contributed by atoms with Crippen molar-refractivity contribution < 1.29 is 4.79 Å². The molecule has 4 heteroatoms. The highest BCUT2D eigenvalue weighted by Crippen LogP contribution is 2.22. The smallest absolute Gasteiger partial charge is 0.234 e. The van der Waals surface area contributed by atoms with Crippen LogP contribution < -0.4 is 11.1 Å². The molecule has 0 aromatic heterocycles. The predicted octanol–water partition coefficient (Wildman–Crippen LogP) is 0.572. The summed E-state index contributed by atoms with van der Waals surface area (Å²) in [7, 11) is 2.00. The molecule has 1 heterocycles. The van der Waals surface area contributed by atoms with Crippen LogP contribution in [0.1, 0.15) is 32.6 Å². The summed E-state index contributed by atoms with van der Waals surface area (Å²) < 4.78 is 0. The van der Waals surface area contributed by atoms with Gasteiger partial charge in [0.25, 0.3) is 0 Å². The second kappa shape index (κ2) is 6.86. The van der Waals surface area contributed by atoms with Crippen molar-refractivity contribution in [3.05, 3.63) is 0 Å². The number of rotatable bonds is 6. The number of nitrogens with two attached hydrogens (primary N) is 1. The molecule has 3 N–H and O–H groups in total. The first-order valence-electron chi connectivity index (χ1n) is 6.37. The molecule has 1 amide bonds. The number of hydrogen-bond donors (Lipinski definition) is 2. The molecular weight excluding hydrogens is 202 g/mol. The summed E-state index contributed by atoms with van der Waals surface area (Å²) >= 11 is 0. The first kappa shape index (κ1) is 13.5. The van der Waals surface area contributed by atoms with Crippen LogP contribution in [0.5, 0.6) is 0 Å². The molecule has 94 valence electrons. The van der Waals surface area contributed by atoms with Gasteiger partial charge in [0.05, 0.1) is 6.04 Å². The zero-order valence-corrected chi connectivity index (χ0v) is 10.5. The van der Waals surface area contributed by atoms with Crippen molar-refractivity contribution in [3.8, 4) is 0 Å². The van der Waals surface area contributed by atoms with Crippen LogP contribution in [0.3, 0.4) is 0 Å². The van der Waals surface area contributed by atoms with Gasteiger partial charge in [-0.1, -0.05) is 6.92 Å². The molecule has 0 aromatic rings. The van der Waals surface area contributed by atoms with Crippen LogP contribution in [0.4, 0.5) is 0 Å². The largest absolute Gasteiger partial charge is 0.368 e. The lowest BCUT2D eigenvalue weighted by Gasteiger charge is -2.35. The molecule has 4 nitrogen and oxygen atoms in total. The van der Waals surface area contributed by atoms with Gasteiger partial charge in [0.2, 0.25) is 5.91 Å². The Hall–Kier alpha value is -0.610. The van der Waals surface area contributed by atoms with Crippen molar-refractivity contribution in [2.45, 2.75) is 38.6 Å². The highest BCUT2D eigenvalue weighted by molar-refractivity contribution is 5.79. The average molecular weight is 227 g/mol. The number of likely N-dealkylation sites (tertiary alicyclic amines) is 1. The Morgan fingerprint density at radius 1 is 1.50 bits per heavy atom. The van der Waals surface area contributed by atoms with E-state index in [1.807, 2.05) is 14.0 Å². The number of carbonyl (C=O) groups excluding carboxylic acids is 1. The van der Waals surface area contributed by atoms with Crippen molar-refractivity contribution >= 4 is 5.91 Å². The molecule has 0 spiro atoms. The second-order valence-corrected chi connectivity index (χ2v) is 4.70. The monoisotopic (exact) mass is 227 g/mol. The lowest BCUT2D eigenvalue weighted by atomic mass is 9.92. The van der Waals surface area contributed by atoms with E-state index in [-0.39, 0.29) is 11.9 Å². The topological polar surface area (TPSA) is 58.4 Å². The van der Waals surface area contributed by atoms with Gasteiger partial charge in [-0.2, -0.15) is 0 Å². The van der Waals surface area contributed by atoms with Gasteiger partial charge in [0.15, 0.2) is 0 Å². The van der Waals surface area contributed by atoms with Gasteiger partial charge in [0, 0.05) is 0 Å². The fourth-order valence-corrected chi connectivity index (χ4v) is 2.54. The van der Waals surface area contributed by atoms with Gasteiger partial charge in [-0.25, -0.2) is 0 Å². The number of carbonyl (C=O) groups is 1. The minimum Gasteiger partial charge on any atom is -0.368 e. The predicted molar refractivity (Wildman–Crippen MR) is 66.1 cm³/mol. The summed E-state index contributed by atoms with van der Waals surface area (Å²) in [6.07, 6.45) is 4.48. The van der Waals surface area contributed by atoms with E-state index in [9.17, 15) is 4.79 Å². The fourth-order valence-electron chi connectivity index (χ4n) is 2.54. The normalized spacial score (nSPS) is 20.9. The summed E-state index contributed by atoms with van der Waals surface area (Å²) in [5.41, 5.74) is 5.40. The van der Waals surface area contributed by atoms with E-state index in [0.29, 0.717) is 0 Å². The van der Waals surface area contributed by atoms with Crippen LogP contribution in [0.15, 0.2) is 0 Å². The molecule has 0 aromatic carbocycles. The maximum Gasteiger partial charge on any atom is 0.234 e. The van der Waals surface area contributed by atoms with Crippen LogP contribution >= 0.6 is 0 Å². The van der Waals surface area contributed by atoms with Gasteiger partial charge < -0.3 is 11.1 Å². The van der Waals surface area contributed by atoms with Crippen molar-refractivity contribution in [2.75, 3.05) is 26.7 Å². The van der Waals surface area contributed by atoms with Crippen LogP contribution in [0.25, 0.3) is 0 Å². The molecule has 1 aliphatic heterocycles. The molecule has 16 heavy (non-hydrogen) atoms. The Bertz CT molecular complexity index is 212. The van der Waals surface area contributed by atoms with Gasteiger partial charge in [0.1, 0.15) is 0 Å². The number of nitrogens with zero attached hydrogens (tertiary/aromatic N) is 1. The molecule has 0 radical (unpaired) electrons. The van der Waals surface area contributed by atoms with E-state index in [2.05, 4.69) is 10.2 Å². The summed E-state index contributed by atoms with van der Waals surface area (Å²) in [5.74, 6) is 0.644. The van der Waals surface area contributed by atoms with Crippen LogP contribution in [0, 0.1) is 5.92 Å². The number of primary amides is 1. The fraction of sp³-hybridized carbons (Fsp3) is 0.917. The van der Waals surface area contributed by atoms with Gasteiger partial charge in [-0.15, -0.1) is 0 Å². The van der Waals surface area contributed by atoms with Gasteiger partial charge in [-0.05, 0) is 58.3 Å². The highest BCUT2D eigenvalue weighted by Gasteiger charge is 2.26. The van der Waals surface area contributed by atoms with Crippen molar-refractivity contribution in [1.29, 1.82) is 0 Å². The van der Waals surface area contributed by atoms with Crippen molar-refractivity contribution in [3.63, 3.8) is 0 Å². The van der Waals surface area contributed by atoms with Crippen molar-refractivity contribution in [2.24, 2.45) is 11.7 Å². The quantitative estimate of drug-likeness (QED) is 0.697. The maximum absolute atomic E-state index is 11.3. The lowest BCUT2D eigenvalue weighted by molar-refractivity contribution is -0.124. The summed E-state index contributed by atoms with van der Waals surface area (Å²) in [4.78, 5) is 13.5. The third-order valence-corrected chi connectivity index (χ3v) is 3.61. The minimum absolute atomic E-state index is 0.0507. The Balaban J connectivity index is 2.33. The first-order chi connectivity index (χ1) is 7.69. The molecule has 1 fully saturated rings. The first-order valence-corrected chi connectivity index (χ1v) is 6.37. The molecule has 0 bridgehead atoms. The molecule has 1 aliphatic rings. The minimum atomic E-state index is -0.170. The third kappa shape index (κ3) is 3.76. The van der Waals surface area contributed by atoms with Crippen LogP contribution in [0.2, 0.25) is 0 Å². The number of piperidine rings is 1. The highest BCUT2D eigenvalue weighted by atomic mass is 16.1. The Labute approximate surface area is 98.6 Å². The molecule has 1 atom stereocenters. The van der Waals surface area contributed by atoms with Crippen LogP contribution in [-0.2, 0) is 4.79 Å². The number of amides is 1. The Morgan fingerprint density at radius 2 is 2.12 bits per heavy atom. The standard InChI is InChI=1S/C12H25N3O/c1-3-11(12(13)16)15-8-5-10(6-9-15)4-7-14-2/h10-11,14H,3-9H2,1-2H3,(H2,13,16). The summed E-state index contributed by atoms with van der Waals surface area (Å²) in [5, 5.41) is 3.19. The molecule has 0 aliphatic carbocycles. The summed E-state index contributed by atoms with van der Waals surface area (Å²) in [6.45, 7) is 5.17. The third-order valence-electron chi connectivity index (χ3n) is 3.61. The summed E-state index contributed by atoms with van der Waals surface area (Å²) in [6, 6.07) is -0.0507. The number of nitrogens with one attached hydrogen (secondary N) is 1. The van der Waals surface area contributed by atoms with Gasteiger partial charge >= 0.3 is 0 Å². The Morgan fingerprint density at radius 3 is 2.56 bits per heavy atom. The lowest BCUT2D eigenvalue weighted by Crippen LogP contribution is -2.48. The molecule has 1 unspecified atom stereocenters. The van der Waals surface area contributed by atoms with E-state index in [0.717, 1.165) is 32.0 Å². The Kier molecular flexibility index (Phi) is 5.77. The van der Waals surface area contributed by atoms with Crippen LogP contribution in [-0.4, -0.2) is 43.5 Å². The van der Waals surface area contributed by atoms with E-state index in [1.54, 1.807) is 0 Å². The van der Waals surface area contributed by atoms with E-state index in [4.69, 9.17) is 5.73 Å². The molecule has 1 saturated heterocycles. The van der Waals surface area contributed by atoms with Gasteiger partial charge in [-0.3, -0.25) is 9.69 Å². The molecule has 1 rings (SSSR count). The number of hydrogen-bond acceptors (Lipinski definition) is 3. The van der Waals surface area contributed by atoms with Crippen molar-refractivity contribution in [1.82, 2.24) is 10.2 Å².